The molecule has 1 saturated heterocycles. The van der Waals surface area contributed by atoms with Crippen molar-refractivity contribution < 1.29 is 18.0 Å². The molecule has 2 aliphatic heterocycles. The van der Waals surface area contributed by atoms with Crippen LogP contribution in [-0.4, -0.2) is 35.7 Å². The fourth-order valence-corrected chi connectivity index (χ4v) is 3.94. The molecule has 1 unspecified atom stereocenters. The predicted molar refractivity (Wildman–Crippen MR) is 88.5 cm³/mol. The standard InChI is InChI=1S/C19H17F3N2O/c1-13-6-8-15(9-7-13)23-10-11-24-17(25)16-5-3-2-4-14(16)12-18(23,24)19(20,21)22/h2-9H,10-12H2,1H3. The Morgan fingerprint density at radius 3 is 2.28 bits per heavy atom. The maximum atomic E-state index is 14.3. The molecule has 130 valence electrons. The summed E-state index contributed by atoms with van der Waals surface area (Å²) in [6, 6.07) is 13.5. The lowest BCUT2D eigenvalue weighted by Crippen LogP contribution is -2.68. The first-order valence-electron chi connectivity index (χ1n) is 8.15. The summed E-state index contributed by atoms with van der Waals surface area (Å²) < 4.78 is 43.0. The fraction of sp³-hybridized carbons (Fsp3) is 0.316. The van der Waals surface area contributed by atoms with Crippen LogP contribution in [0.25, 0.3) is 0 Å². The average molecular weight is 346 g/mol. The van der Waals surface area contributed by atoms with Crippen molar-refractivity contribution in [3.05, 3.63) is 65.2 Å². The Kier molecular flexibility index (Phi) is 3.36. The van der Waals surface area contributed by atoms with E-state index in [0.29, 0.717) is 16.8 Å². The van der Waals surface area contributed by atoms with Crippen LogP contribution >= 0.6 is 0 Å². The van der Waals surface area contributed by atoms with Crippen LogP contribution < -0.4 is 4.90 Å². The summed E-state index contributed by atoms with van der Waals surface area (Å²) in [5.41, 5.74) is -0.0509. The van der Waals surface area contributed by atoms with Gasteiger partial charge in [-0.1, -0.05) is 35.9 Å². The second-order valence-corrected chi connectivity index (χ2v) is 6.59. The Morgan fingerprint density at radius 1 is 0.960 bits per heavy atom. The Labute approximate surface area is 143 Å². The number of rotatable bonds is 1. The largest absolute Gasteiger partial charge is 0.431 e. The number of benzene rings is 2. The first-order valence-corrected chi connectivity index (χ1v) is 8.15. The highest BCUT2D eigenvalue weighted by atomic mass is 19.4. The van der Waals surface area contributed by atoms with E-state index in [-0.39, 0.29) is 19.5 Å². The van der Waals surface area contributed by atoms with E-state index in [9.17, 15) is 18.0 Å². The molecule has 0 bridgehead atoms. The van der Waals surface area contributed by atoms with Gasteiger partial charge in [0.1, 0.15) is 0 Å². The van der Waals surface area contributed by atoms with Crippen LogP contribution in [0, 0.1) is 6.92 Å². The zero-order chi connectivity index (χ0) is 17.8. The van der Waals surface area contributed by atoms with Gasteiger partial charge >= 0.3 is 6.18 Å². The summed E-state index contributed by atoms with van der Waals surface area (Å²) >= 11 is 0. The summed E-state index contributed by atoms with van der Waals surface area (Å²) in [7, 11) is 0. The first-order chi connectivity index (χ1) is 11.8. The van der Waals surface area contributed by atoms with Crippen molar-refractivity contribution in [2.75, 3.05) is 18.0 Å². The molecule has 4 rings (SSSR count). The number of hydrogen-bond donors (Lipinski definition) is 0. The molecular formula is C19H17F3N2O. The first kappa shape index (κ1) is 16.0. The molecule has 25 heavy (non-hydrogen) atoms. The van der Waals surface area contributed by atoms with Gasteiger partial charge in [-0.05, 0) is 30.7 Å². The van der Waals surface area contributed by atoms with Gasteiger partial charge in [0.15, 0.2) is 0 Å². The lowest BCUT2D eigenvalue weighted by Gasteiger charge is -2.48. The highest BCUT2D eigenvalue weighted by molar-refractivity contribution is 5.98. The molecule has 0 radical (unpaired) electrons. The summed E-state index contributed by atoms with van der Waals surface area (Å²) in [4.78, 5) is 15.1. The highest BCUT2D eigenvalue weighted by Gasteiger charge is 2.68. The molecule has 2 aromatic rings. The predicted octanol–water partition coefficient (Wildman–Crippen LogP) is 3.77. The second-order valence-electron chi connectivity index (χ2n) is 6.59. The zero-order valence-electron chi connectivity index (χ0n) is 13.7. The number of aryl methyl sites for hydroxylation is 1. The SMILES string of the molecule is Cc1ccc(N2CCN3C(=O)c4ccccc4CC32C(F)(F)F)cc1. The van der Waals surface area contributed by atoms with E-state index < -0.39 is 17.7 Å². The van der Waals surface area contributed by atoms with E-state index in [4.69, 9.17) is 0 Å². The highest BCUT2D eigenvalue weighted by Crippen LogP contribution is 2.49. The maximum Gasteiger partial charge on any atom is 0.431 e. The van der Waals surface area contributed by atoms with Gasteiger partial charge in [0.25, 0.3) is 5.91 Å². The molecule has 0 N–H and O–H groups in total. The minimum atomic E-state index is -4.57. The van der Waals surface area contributed by atoms with E-state index in [1.165, 1.54) is 4.90 Å². The lowest BCUT2D eigenvalue weighted by molar-refractivity contribution is -0.215. The number of anilines is 1. The molecule has 0 aromatic heterocycles. The number of carbonyl (C=O) groups is 1. The van der Waals surface area contributed by atoms with Crippen LogP contribution in [0.3, 0.4) is 0 Å². The molecule has 1 atom stereocenters. The molecule has 1 amide bonds. The number of amides is 1. The number of alkyl halides is 3. The van der Waals surface area contributed by atoms with Crippen molar-refractivity contribution >= 4 is 11.6 Å². The number of nitrogens with zero attached hydrogens (tertiary/aromatic N) is 2. The third kappa shape index (κ3) is 2.16. The van der Waals surface area contributed by atoms with Gasteiger partial charge in [0.05, 0.1) is 0 Å². The Bertz CT molecular complexity index is 831. The van der Waals surface area contributed by atoms with Crippen molar-refractivity contribution in [1.82, 2.24) is 4.90 Å². The second kappa shape index (κ2) is 5.25. The molecule has 0 spiro atoms. The van der Waals surface area contributed by atoms with Gasteiger partial charge in [0.2, 0.25) is 5.66 Å². The monoisotopic (exact) mass is 346 g/mol. The van der Waals surface area contributed by atoms with Gasteiger partial charge in [-0.25, -0.2) is 0 Å². The molecule has 2 aromatic carbocycles. The molecule has 2 aliphatic rings. The third-order valence-electron chi connectivity index (χ3n) is 5.17. The molecule has 6 heteroatoms. The molecule has 0 saturated carbocycles. The number of carbonyl (C=O) groups excluding carboxylic acids is 1. The van der Waals surface area contributed by atoms with Crippen LogP contribution in [0.1, 0.15) is 21.5 Å². The van der Waals surface area contributed by atoms with Crippen molar-refractivity contribution in [3.63, 3.8) is 0 Å². The quantitative estimate of drug-likeness (QED) is 0.785. The summed E-state index contributed by atoms with van der Waals surface area (Å²) in [5, 5.41) is 0. The van der Waals surface area contributed by atoms with Gasteiger partial charge in [-0.15, -0.1) is 0 Å². The van der Waals surface area contributed by atoms with Crippen LogP contribution in [0.4, 0.5) is 18.9 Å². The van der Waals surface area contributed by atoms with E-state index in [1.54, 1.807) is 48.5 Å². The van der Waals surface area contributed by atoms with E-state index in [2.05, 4.69) is 0 Å². The van der Waals surface area contributed by atoms with Crippen molar-refractivity contribution in [1.29, 1.82) is 0 Å². The topological polar surface area (TPSA) is 23.6 Å². The molecule has 3 nitrogen and oxygen atoms in total. The van der Waals surface area contributed by atoms with Crippen molar-refractivity contribution in [2.45, 2.75) is 25.2 Å². The number of halogens is 3. The van der Waals surface area contributed by atoms with Gasteiger partial charge in [-0.2, -0.15) is 13.2 Å². The summed E-state index contributed by atoms with van der Waals surface area (Å²) in [6.07, 6.45) is -4.83. The van der Waals surface area contributed by atoms with Crippen LogP contribution in [-0.2, 0) is 6.42 Å². The normalized spacial score (nSPS) is 22.8. The Balaban J connectivity index is 1.90. The third-order valence-corrected chi connectivity index (χ3v) is 5.17. The van der Waals surface area contributed by atoms with Gasteiger partial charge in [-0.3, -0.25) is 4.79 Å². The smallest absolute Gasteiger partial charge is 0.339 e. The van der Waals surface area contributed by atoms with E-state index >= 15 is 0 Å². The number of fused-ring (bicyclic) bond motifs is 2. The van der Waals surface area contributed by atoms with E-state index in [1.807, 2.05) is 6.92 Å². The summed E-state index contributed by atoms with van der Waals surface area (Å²) in [6.45, 7) is 2.10. The maximum absolute atomic E-state index is 14.3. The van der Waals surface area contributed by atoms with Crippen molar-refractivity contribution in [2.24, 2.45) is 0 Å². The molecular weight excluding hydrogens is 329 g/mol. The minimum Gasteiger partial charge on any atom is -0.339 e. The Morgan fingerprint density at radius 2 is 1.60 bits per heavy atom. The zero-order valence-corrected chi connectivity index (χ0v) is 13.7. The van der Waals surface area contributed by atoms with Crippen LogP contribution in [0.15, 0.2) is 48.5 Å². The Hall–Kier alpha value is -2.50. The van der Waals surface area contributed by atoms with Gasteiger partial charge < -0.3 is 9.80 Å². The fourth-order valence-electron chi connectivity index (χ4n) is 3.94. The van der Waals surface area contributed by atoms with Crippen LogP contribution in [0.2, 0.25) is 0 Å². The number of hydrogen-bond acceptors (Lipinski definition) is 2. The molecule has 0 aliphatic carbocycles. The average Bonchev–Trinajstić information content (AvgIpc) is 2.97. The lowest BCUT2D eigenvalue weighted by atomic mass is 9.88. The summed E-state index contributed by atoms with van der Waals surface area (Å²) in [5.74, 6) is -0.547. The molecule has 1 fully saturated rings. The molecule has 2 heterocycles. The van der Waals surface area contributed by atoms with Gasteiger partial charge in [0, 0.05) is 30.8 Å². The van der Waals surface area contributed by atoms with Crippen LogP contribution in [0.5, 0.6) is 0 Å². The van der Waals surface area contributed by atoms with Crippen molar-refractivity contribution in [3.8, 4) is 0 Å². The van der Waals surface area contributed by atoms with E-state index in [0.717, 1.165) is 10.5 Å². The minimum absolute atomic E-state index is 0.0561.